The van der Waals surface area contributed by atoms with Crippen LogP contribution in [0.4, 0.5) is 0 Å². The lowest BCUT2D eigenvalue weighted by atomic mass is 10.0. The molecule has 2 atom stereocenters. The Morgan fingerprint density at radius 1 is 1.24 bits per heavy atom. The second kappa shape index (κ2) is 7.69. The SMILES string of the molecule is CCOC(c1nc(CC(N)c2ccccc2)cs1)C(C)C. The Kier molecular flexibility index (Phi) is 5.91. The van der Waals surface area contributed by atoms with Crippen LogP contribution in [0.1, 0.15) is 49.2 Å². The fraction of sp³-hybridized carbons (Fsp3) is 0.471. The normalized spacial score (nSPS) is 14.3. The minimum atomic E-state index is -0.00857. The highest BCUT2D eigenvalue weighted by Crippen LogP contribution is 2.29. The first-order valence-corrected chi connectivity index (χ1v) is 8.36. The molecule has 0 aliphatic carbocycles. The summed E-state index contributed by atoms with van der Waals surface area (Å²) in [5.41, 5.74) is 8.47. The first kappa shape index (κ1) is 16.1. The van der Waals surface area contributed by atoms with Crippen LogP contribution in [-0.4, -0.2) is 11.6 Å². The van der Waals surface area contributed by atoms with E-state index in [-0.39, 0.29) is 12.1 Å². The second-order valence-corrected chi connectivity index (χ2v) is 6.41. The highest BCUT2D eigenvalue weighted by molar-refractivity contribution is 7.09. The molecule has 1 heterocycles. The van der Waals surface area contributed by atoms with E-state index in [1.165, 1.54) is 0 Å². The molecule has 2 unspecified atom stereocenters. The van der Waals surface area contributed by atoms with Gasteiger partial charge in [-0.3, -0.25) is 0 Å². The highest BCUT2D eigenvalue weighted by Gasteiger charge is 2.20. The van der Waals surface area contributed by atoms with Gasteiger partial charge in [-0.25, -0.2) is 4.98 Å². The van der Waals surface area contributed by atoms with Gasteiger partial charge < -0.3 is 10.5 Å². The van der Waals surface area contributed by atoms with Crippen molar-refractivity contribution in [3.63, 3.8) is 0 Å². The van der Waals surface area contributed by atoms with Gasteiger partial charge in [0.15, 0.2) is 0 Å². The molecule has 0 fully saturated rings. The minimum Gasteiger partial charge on any atom is -0.371 e. The van der Waals surface area contributed by atoms with Gasteiger partial charge in [-0.1, -0.05) is 44.2 Å². The number of nitrogens with zero attached hydrogens (tertiary/aromatic N) is 1. The molecule has 0 aliphatic rings. The zero-order chi connectivity index (χ0) is 15.2. The van der Waals surface area contributed by atoms with Gasteiger partial charge in [-0.2, -0.15) is 0 Å². The lowest BCUT2D eigenvalue weighted by Crippen LogP contribution is -2.14. The summed E-state index contributed by atoms with van der Waals surface area (Å²) in [6.45, 7) is 7.06. The van der Waals surface area contributed by atoms with Crippen LogP contribution in [0.2, 0.25) is 0 Å². The van der Waals surface area contributed by atoms with Gasteiger partial charge in [-0.15, -0.1) is 11.3 Å². The highest BCUT2D eigenvalue weighted by atomic mass is 32.1. The number of benzene rings is 1. The standard InChI is InChI=1S/C17H24N2OS/c1-4-20-16(12(2)3)17-19-14(11-21-17)10-15(18)13-8-6-5-7-9-13/h5-9,11-12,15-16H,4,10,18H2,1-3H3. The Hall–Kier alpha value is -1.23. The number of thiazole rings is 1. The third-order valence-electron chi connectivity index (χ3n) is 3.42. The van der Waals surface area contributed by atoms with Crippen LogP contribution < -0.4 is 5.73 Å². The third kappa shape index (κ3) is 4.37. The van der Waals surface area contributed by atoms with E-state index >= 15 is 0 Å². The maximum atomic E-state index is 6.26. The Morgan fingerprint density at radius 2 is 1.95 bits per heavy atom. The van der Waals surface area contributed by atoms with Crippen molar-refractivity contribution in [1.29, 1.82) is 0 Å². The zero-order valence-electron chi connectivity index (χ0n) is 13.0. The van der Waals surface area contributed by atoms with Crippen LogP contribution >= 0.6 is 11.3 Å². The maximum absolute atomic E-state index is 6.26. The topological polar surface area (TPSA) is 48.1 Å². The Labute approximate surface area is 131 Å². The molecule has 0 bridgehead atoms. The maximum Gasteiger partial charge on any atom is 0.122 e. The molecule has 0 radical (unpaired) electrons. The molecule has 1 aromatic carbocycles. The lowest BCUT2D eigenvalue weighted by Gasteiger charge is -2.18. The fourth-order valence-electron chi connectivity index (χ4n) is 2.32. The first-order chi connectivity index (χ1) is 10.1. The van der Waals surface area contributed by atoms with E-state index in [0.717, 1.165) is 22.7 Å². The number of nitrogens with two attached hydrogens (primary N) is 1. The van der Waals surface area contributed by atoms with Crippen molar-refractivity contribution in [3.8, 4) is 0 Å². The predicted octanol–water partition coefficient (Wildman–Crippen LogP) is 4.12. The van der Waals surface area contributed by atoms with Crippen LogP contribution in [-0.2, 0) is 11.2 Å². The van der Waals surface area contributed by atoms with Crippen LogP contribution in [0.5, 0.6) is 0 Å². The summed E-state index contributed by atoms with van der Waals surface area (Å²) in [5.74, 6) is 0.423. The average molecular weight is 304 g/mol. The van der Waals surface area contributed by atoms with Gasteiger partial charge in [-0.05, 0) is 18.4 Å². The van der Waals surface area contributed by atoms with Crippen LogP contribution in [0.3, 0.4) is 0 Å². The summed E-state index contributed by atoms with van der Waals surface area (Å²) in [6, 6.07) is 10.2. The number of hydrogen-bond donors (Lipinski definition) is 1. The minimum absolute atomic E-state index is 0.00857. The molecular weight excluding hydrogens is 280 g/mol. The predicted molar refractivity (Wildman–Crippen MR) is 88.4 cm³/mol. The van der Waals surface area contributed by atoms with Crippen molar-refractivity contribution in [2.24, 2.45) is 11.7 Å². The Morgan fingerprint density at radius 3 is 2.57 bits per heavy atom. The Balaban J connectivity index is 2.06. The lowest BCUT2D eigenvalue weighted by molar-refractivity contribution is 0.0292. The molecule has 4 heteroatoms. The molecule has 0 aliphatic heterocycles. The van der Waals surface area contributed by atoms with E-state index < -0.39 is 0 Å². The summed E-state index contributed by atoms with van der Waals surface area (Å²) in [5, 5.41) is 3.16. The van der Waals surface area contributed by atoms with E-state index in [9.17, 15) is 0 Å². The number of ether oxygens (including phenoxy) is 1. The van der Waals surface area contributed by atoms with E-state index in [1.54, 1.807) is 11.3 Å². The van der Waals surface area contributed by atoms with E-state index in [1.807, 2.05) is 25.1 Å². The van der Waals surface area contributed by atoms with Gasteiger partial charge in [0.05, 0.1) is 5.69 Å². The molecule has 1 aromatic heterocycles. The van der Waals surface area contributed by atoms with Crippen molar-refractivity contribution >= 4 is 11.3 Å². The summed E-state index contributed by atoms with van der Waals surface area (Å²) in [7, 11) is 0. The molecule has 114 valence electrons. The van der Waals surface area contributed by atoms with E-state index in [0.29, 0.717) is 12.5 Å². The number of hydrogen-bond acceptors (Lipinski definition) is 4. The summed E-state index contributed by atoms with van der Waals surface area (Å²) in [4.78, 5) is 4.73. The van der Waals surface area contributed by atoms with Crippen LogP contribution in [0.25, 0.3) is 0 Å². The third-order valence-corrected chi connectivity index (χ3v) is 4.38. The summed E-state index contributed by atoms with van der Waals surface area (Å²) in [6.07, 6.45) is 0.846. The summed E-state index contributed by atoms with van der Waals surface area (Å²) >= 11 is 1.67. The first-order valence-electron chi connectivity index (χ1n) is 7.48. The van der Waals surface area contributed by atoms with Crippen LogP contribution in [0, 0.1) is 5.92 Å². The van der Waals surface area contributed by atoms with Gasteiger partial charge in [0.2, 0.25) is 0 Å². The molecular formula is C17H24N2OS. The Bertz CT molecular complexity index is 539. The van der Waals surface area contributed by atoms with Crippen molar-refractivity contribution in [2.45, 2.75) is 39.3 Å². The van der Waals surface area contributed by atoms with Crippen molar-refractivity contribution in [1.82, 2.24) is 4.98 Å². The molecule has 21 heavy (non-hydrogen) atoms. The molecule has 0 saturated carbocycles. The van der Waals surface area contributed by atoms with Crippen molar-refractivity contribution in [2.75, 3.05) is 6.61 Å². The quantitative estimate of drug-likeness (QED) is 0.837. The number of aromatic nitrogens is 1. The smallest absolute Gasteiger partial charge is 0.122 e. The van der Waals surface area contributed by atoms with Gasteiger partial charge in [0.25, 0.3) is 0 Å². The molecule has 0 spiro atoms. The summed E-state index contributed by atoms with van der Waals surface area (Å²) < 4.78 is 5.81. The van der Waals surface area contributed by atoms with E-state index in [4.69, 9.17) is 15.5 Å². The van der Waals surface area contributed by atoms with E-state index in [2.05, 4.69) is 31.4 Å². The molecule has 2 rings (SSSR count). The monoisotopic (exact) mass is 304 g/mol. The fourth-order valence-corrected chi connectivity index (χ4v) is 3.37. The van der Waals surface area contributed by atoms with Gasteiger partial charge >= 0.3 is 0 Å². The number of rotatable bonds is 7. The molecule has 2 aromatic rings. The molecule has 0 amide bonds. The molecule has 3 nitrogen and oxygen atoms in total. The van der Waals surface area contributed by atoms with Gasteiger partial charge in [0, 0.05) is 24.4 Å². The van der Waals surface area contributed by atoms with Crippen molar-refractivity contribution < 1.29 is 4.74 Å². The average Bonchev–Trinajstić information content (AvgIpc) is 2.93. The van der Waals surface area contributed by atoms with Crippen molar-refractivity contribution in [3.05, 3.63) is 52.0 Å². The van der Waals surface area contributed by atoms with Crippen LogP contribution in [0.15, 0.2) is 35.7 Å². The zero-order valence-corrected chi connectivity index (χ0v) is 13.8. The molecule has 0 saturated heterocycles. The van der Waals surface area contributed by atoms with Gasteiger partial charge in [0.1, 0.15) is 11.1 Å². The largest absolute Gasteiger partial charge is 0.371 e. The molecule has 2 N–H and O–H groups in total. The second-order valence-electron chi connectivity index (χ2n) is 5.52.